The maximum atomic E-state index is 12.3. The average Bonchev–Trinajstić information content (AvgIpc) is 2.97. The van der Waals surface area contributed by atoms with Crippen LogP contribution in [-0.4, -0.2) is 32.3 Å². The maximum Gasteiger partial charge on any atom is 0.230 e. The zero-order chi connectivity index (χ0) is 16.9. The van der Waals surface area contributed by atoms with Crippen molar-refractivity contribution in [1.82, 2.24) is 19.9 Å². The molecule has 3 aliphatic carbocycles. The molecule has 0 saturated heterocycles. The lowest BCUT2D eigenvalue weighted by molar-refractivity contribution is -0.120. The minimum Gasteiger partial charge on any atom is -0.349 e. The molecule has 0 radical (unpaired) electrons. The highest BCUT2D eigenvalue weighted by Gasteiger charge is 2.54. The van der Waals surface area contributed by atoms with Gasteiger partial charge in [-0.05, 0) is 42.2 Å². The lowest BCUT2D eigenvalue weighted by Crippen LogP contribution is -2.57. The van der Waals surface area contributed by atoms with Crippen LogP contribution in [0.1, 0.15) is 26.7 Å². The smallest absolute Gasteiger partial charge is 0.230 e. The molecule has 3 atom stereocenters. The van der Waals surface area contributed by atoms with Gasteiger partial charge in [-0.2, -0.15) is 0 Å². The first-order chi connectivity index (χ1) is 11.5. The van der Waals surface area contributed by atoms with Gasteiger partial charge in [0.05, 0.1) is 11.8 Å². The van der Waals surface area contributed by atoms with Gasteiger partial charge in [0.2, 0.25) is 5.91 Å². The monoisotopic (exact) mass is 342 g/mol. The van der Waals surface area contributed by atoms with Crippen molar-refractivity contribution in [2.24, 2.45) is 17.3 Å². The summed E-state index contributed by atoms with van der Waals surface area (Å²) in [5.74, 6) is 1.64. The fourth-order valence-electron chi connectivity index (χ4n) is 4.16. The molecule has 1 amide bonds. The van der Waals surface area contributed by atoms with Gasteiger partial charge in [-0.3, -0.25) is 9.20 Å². The molecule has 0 aromatic carbocycles. The van der Waals surface area contributed by atoms with E-state index >= 15 is 0 Å². The highest BCUT2D eigenvalue weighted by Crippen LogP contribution is 2.60. The minimum absolute atomic E-state index is 0.0398. The Labute approximate surface area is 145 Å². The molecular weight excluding hydrogens is 320 g/mol. The number of hydrogen-bond donors (Lipinski definition) is 1. The number of carbonyl (C=O) groups excluding carboxylic acids is 1. The Bertz CT molecular complexity index is 812. The standard InChI is InChI=1S/C18H22N4OS/c1-11-13-8-12(18(13,2)3)9-14(11)19-16(23)10-24-17-21-20-15-6-4-5-7-22(15)17/h4-7,12-14H,1,8-10H2,2-3H3,(H,19,23)/t12-,13+,14?/m1/s1. The molecule has 126 valence electrons. The van der Waals surface area contributed by atoms with Crippen molar-refractivity contribution in [3.63, 3.8) is 0 Å². The van der Waals surface area contributed by atoms with Gasteiger partial charge in [-0.15, -0.1) is 10.2 Å². The second kappa shape index (κ2) is 5.62. The largest absolute Gasteiger partial charge is 0.349 e. The third kappa shape index (κ3) is 2.44. The van der Waals surface area contributed by atoms with Gasteiger partial charge in [0, 0.05) is 6.20 Å². The van der Waals surface area contributed by atoms with Crippen LogP contribution >= 0.6 is 11.8 Å². The summed E-state index contributed by atoms with van der Waals surface area (Å²) >= 11 is 1.41. The molecule has 24 heavy (non-hydrogen) atoms. The molecule has 2 aromatic rings. The van der Waals surface area contributed by atoms with Crippen LogP contribution in [0, 0.1) is 17.3 Å². The van der Waals surface area contributed by atoms with Crippen LogP contribution in [0.25, 0.3) is 5.65 Å². The van der Waals surface area contributed by atoms with Crippen molar-refractivity contribution in [3.8, 4) is 0 Å². The molecule has 1 unspecified atom stereocenters. The fourth-order valence-corrected chi connectivity index (χ4v) is 4.90. The molecule has 0 aliphatic heterocycles. The third-order valence-electron chi connectivity index (χ3n) is 5.84. The number of nitrogens with one attached hydrogen (secondary N) is 1. The number of carbonyl (C=O) groups is 1. The Morgan fingerprint density at radius 1 is 1.42 bits per heavy atom. The van der Waals surface area contributed by atoms with E-state index in [-0.39, 0.29) is 11.9 Å². The van der Waals surface area contributed by atoms with Crippen LogP contribution in [0.2, 0.25) is 0 Å². The highest BCUT2D eigenvalue weighted by molar-refractivity contribution is 7.99. The van der Waals surface area contributed by atoms with E-state index in [4.69, 9.17) is 0 Å². The molecule has 2 bridgehead atoms. The second-order valence-corrected chi connectivity index (χ2v) is 8.38. The lowest BCUT2D eigenvalue weighted by Gasteiger charge is -2.60. The van der Waals surface area contributed by atoms with Crippen molar-refractivity contribution in [2.45, 2.75) is 37.9 Å². The number of thioether (sulfide) groups is 1. The van der Waals surface area contributed by atoms with Gasteiger partial charge < -0.3 is 5.32 Å². The SMILES string of the molecule is C=C1C(NC(=O)CSc2nnc3ccccn23)C[C@H]2C[C@@H]1C2(C)C. The average molecular weight is 342 g/mol. The van der Waals surface area contributed by atoms with Crippen molar-refractivity contribution in [2.75, 3.05) is 5.75 Å². The Morgan fingerprint density at radius 3 is 3.00 bits per heavy atom. The van der Waals surface area contributed by atoms with Crippen molar-refractivity contribution in [1.29, 1.82) is 0 Å². The van der Waals surface area contributed by atoms with Crippen LogP contribution in [-0.2, 0) is 4.79 Å². The summed E-state index contributed by atoms with van der Waals surface area (Å²) in [5, 5.41) is 12.2. The zero-order valence-corrected chi connectivity index (χ0v) is 14.8. The number of rotatable bonds is 4. The van der Waals surface area contributed by atoms with Gasteiger partial charge in [0.25, 0.3) is 0 Å². The van der Waals surface area contributed by atoms with Crippen molar-refractivity contribution in [3.05, 3.63) is 36.5 Å². The Hall–Kier alpha value is -1.82. The van der Waals surface area contributed by atoms with E-state index in [1.54, 1.807) is 0 Å². The Balaban J connectivity index is 1.35. The van der Waals surface area contributed by atoms with E-state index in [0.29, 0.717) is 23.0 Å². The topological polar surface area (TPSA) is 59.3 Å². The van der Waals surface area contributed by atoms with Crippen LogP contribution in [0.4, 0.5) is 0 Å². The predicted octanol–water partition coefficient (Wildman–Crippen LogP) is 2.93. The molecule has 0 spiro atoms. The molecule has 3 saturated carbocycles. The maximum absolute atomic E-state index is 12.3. The molecule has 3 fully saturated rings. The van der Waals surface area contributed by atoms with E-state index in [0.717, 1.165) is 17.2 Å². The van der Waals surface area contributed by atoms with Gasteiger partial charge >= 0.3 is 0 Å². The number of pyridine rings is 1. The molecule has 5 nitrogen and oxygen atoms in total. The first-order valence-electron chi connectivity index (χ1n) is 8.37. The molecule has 2 aromatic heterocycles. The van der Waals surface area contributed by atoms with E-state index in [1.807, 2.05) is 28.8 Å². The van der Waals surface area contributed by atoms with E-state index in [1.165, 1.54) is 23.8 Å². The number of aromatic nitrogens is 3. The van der Waals surface area contributed by atoms with Crippen LogP contribution in [0.5, 0.6) is 0 Å². The van der Waals surface area contributed by atoms with Gasteiger partial charge in [0.15, 0.2) is 10.8 Å². The van der Waals surface area contributed by atoms with Crippen LogP contribution in [0.3, 0.4) is 0 Å². The second-order valence-electron chi connectivity index (χ2n) is 7.44. The highest BCUT2D eigenvalue weighted by atomic mass is 32.2. The summed E-state index contributed by atoms with van der Waals surface area (Å²) in [6, 6.07) is 5.88. The summed E-state index contributed by atoms with van der Waals surface area (Å²) < 4.78 is 1.90. The van der Waals surface area contributed by atoms with Crippen LogP contribution in [0.15, 0.2) is 41.7 Å². The summed E-state index contributed by atoms with van der Waals surface area (Å²) in [7, 11) is 0. The fraction of sp³-hybridized carbons (Fsp3) is 0.500. The zero-order valence-electron chi connectivity index (χ0n) is 14.0. The molecule has 1 N–H and O–H groups in total. The van der Waals surface area contributed by atoms with E-state index < -0.39 is 0 Å². The summed E-state index contributed by atoms with van der Waals surface area (Å²) in [5.41, 5.74) is 2.35. The van der Waals surface area contributed by atoms with Crippen molar-refractivity contribution < 1.29 is 4.79 Å². The van der Waals surface area contributed by atoms with E-state index in [9.17, 15) is 4.79 Å². The molecule has 2 heterocycles. The number of fused-ring (bicyclic) bond motifs is 3. The minimum atomic E-state index is 0.0398. The van der Waals surface area contributed by atoms with Gasteiger partial charge in [-0.25, -0.2) is 0 Å². The molecule has 3 aliphatic rings. The van der Waals surface area contributed by atoms with Crippen molar-refractivity contribution >= 4 is 23.3 Å². The lowest BCUT2D eigenvalue weighted by atomic mass is 9.46. The van der Waals surface area contributed by atoms with Gasteiger partial charge in [-0.1, -0.05) is 43.8 Å². The molecular formula is C18H22N4OS. The quantitative estimate of drug-likeness (QED) is 0.685. The van der Waals surface area contributed by atoms with E-state index in [2.05, 4.69) is 35.9 Å². The Kier molecular flexibility index (Phi) is 3.67. The van der Waals surface area contributed by atoms with Gasteiger partial charge in [0.1, 0.15) is 0 Å². The molecule has 5 rings (SSSR count). The number of amides is 1. The summed E-state index contributed by atoms with van der Waals surface area (Å²) in [4.78, 5) is 12.3. The summed E-state index contributed by atoms with van der Waals surface area (Å²) in [6.45, 7) is 8.91. The summed E-state index contributed by atoms with van der Waals surface area (Å²) in [6.07, 6.45) is 4.17. The number of nitrogens with zero attached hydrogens (tertiary/aromatic N) is 3. The number of hydrogen-bond acceptors (Lipinski definition) is 4. The van der Waals surface area contributed by atoms with Crippen LogP contribution < -0.4 is 5.32 Å². The first kappa shape index (κ1) is 15.7. The molecule has 6 heteroatoms. The predicted molar refractivity (Wildman–Crippen MR) is 94.8 cm³/mol. The normalized spacial score (nSPS) is 27.8. The Morgan fingerprint density at radius 2 is 2.25 bits per heavy atom. The first-order valence-corrected chi connectivity index (χ1v) is 9.36. The third-order valence-corrected chi connectivity index (χ3v) is 6.78.